The second-order valence-corrected chi connectivity index (χ2v) is 6.37. The summed E-state index contributed by atoms with van der Waals surface area (Å²) in [5.41, 5.74) is 2.43. The van der Waals surface area contributed by atoms with Crippen molar-refractivity contribution in [1.29, 1.82) is 0 Å². The van der Waals surface area contributed by atoms with Crippen molar-refractivity contribution in [3.63, 3.8) is 0 Å². The van der Waals surface area contributed by atoms with E-state index in [-0.39, 0.29) is 12.3 Å². The molecule has 0 aliphatic carbocycles. The molecule has 0 atom stereocenters. The molecule has 0 aliphatic rings. The van der Waals surface area contributed by atoms with Gasteiger partial charge < -0.3 is 9.73 Å². The highest BCUT2D eigenvalue weighted by Gasteiger charge is 2.14. The number of nitrogens with one attached hydrogen (secondary N) is 1. The van der Waals surface area contributed by atoms with Crippen LogP contribution in [0.15, 0.2) is 52.9 Å². The molecule has 27 heavy (non-hydrogen) atoms. The van der Waals surface area contributed by atoms with Gasteiger partial charge in [0.25, 0.3) is 5.89 Å². The summed E-state index contributed by atoms with van der Waals surface area (Å²) in [5, 5.41) is 17.4. The molecule has 0 saturated heterocycles. The van der Waals surface area contributed by atoms with Crippen molar-refractivity contribution < 1.29 is 9.21 Å². The fourth-order valence-electron chi connectivity index (χ4n) is 3.04. The Morgan fingerprint density at radius 2 is 1.96 bits per heavy atom. The minimum absolute atomic E-state index is 0.0949. The molecule has 4 rings (SSSR count). The minimum atomic E-state index is -0.0949. The van der Waals surface area contributed by atoms with Crippen molar-refractivity contribution >= 4 is 22.4 Å². The third-order valence-corrected chi connectivity index (χ3v) is 4.32. The minimum Gasteiger partial charge on any atom is -0.419 e. The van der Waals surface area contributed by atoms with Crippen LogP contribution < -0.4 is 5.32 Å². The third kappa shape index (κ3) is 3.57. The van der Waals surface area contributed by atoms with Crippen LogP contribution in [0.1, 0.15) is 18.0 Å². The lowest BCUT2D eigenvalue weighted by Crippen LogP contribution is -2.12. The van der Waals surface area contributed by atoms with Gasteiger partial charge in [0.15, 0.2) is 0 Å². The number of anilines is 1. The normalized spacial score (nSPS) is 11.0. The predicted octanol–water partition coefficient (Wildman–Crippen LogP) is 3.50. The number of hydrogen-bond donors (Lipinski definition) is 1. The summed E-state index contributed by atoms with van der Waals surface area (Å²) < 4.78 is 7.37. The Hall–Kier alpha value is -3.48. The van der Waals surface area contributed by atoms with Crippen LogP contribution in [0.25, 0.3) is 22.4 Å². The van der Waals surface area contributed by atoms with Crippen molar-refractivity contribution in [1.82, 2.24) is 20.0 Å². The van der Waals surface area contributed by atoms with Crippen LogP contribution in [0.2, 0.25) is 0 Å². The summed E-state index contributed by atoms with van der Waals surface area (Å²) in [5.74, 6) is 0.738. The number of benzene rings is 2. The highest BCUT2D eigenvalue weighted by molar-refractivity contribution is 6.02. The summed E-state index contributed by atoms with van der Waals surface area (Å²) in [4.78, 5) is 12.3. The van der Waals surface area contributed by atoms with Gasteiger partial charge in [-0.3, -0.25) is 9.48 Å². The summed E-state index contributed by atoms with van der Waals surface area (Å²) in [6.07, 6.45) is 0.635. The largest absolute Gasteiger partial charge is 0.419 e. The molecule has 2 heterocycles. The number of amides is 1. The van der Waals surface area contributed by atoms with E-state index in [9.17, 15) is 4.79 Å². The smallest absolute Gasteiger partial charge is 0.265 e. The van der Waals surface area contributed by atoms with Crippen molar-refractivity contribution in [2.75, 3.05) is 5.32 Å². The maximum Gasteiger partial charge on any atom is 0.265 e. The molecule has 0 saturated carbocycles. The second kappa shape index (κ2) is 7.03. The Bertz CT molecular complexity index is 1110. The van der Waals surface area contributed by atoms with Crippen molar-refractivity contribution in [3.8, 4) is 11.6 Å². The van der Waals surface area contributed by atoms with E-state index in [2.05, 4.69) is 20.6 Å². The number of aryl methyl sites for hydroxylation is 3. The molecule has 1 amide bonds. The van der Waals surface area contributed by atoms with Crippen LogP contribution in [0.3, 0.4) is 0 Å². The first-order valence-corrected chi connectivity index (χ1v) is 8.71. The van der Waals surface area contributed by atoms with E-state index in [0.29, 0.717) is 18.2 Å². The number of nitrogens with zero attached hydrogens (tertiary/aromatic N) is 4. The molecule has 7 nitrogen and oxygen atoms in total. The molecule has 2 aromatic carbocycles. The average Bonchev–Trinajstić information content (AvgIpc) is 3.26. The Kier molecular flexibility index (Phi) is 4.42. The maximum absolute atomic E-state index is 12.3. The Morgan fingerprint density at radius 1 is 1.15 bits per heavy atom. The second-order valence-electron chi connectivity index (χ2n) is 6.37. The number of carbonyl (C=O) groups is 1. The Labute approximate surface area is 156 Å². The summed E-state index contributed by atoms with van der Waals surface area (Å²) in [6.45, 7) is 1.90. The van der Waals surface area contributed by atoms with Crippen molar-refractivity contribution in [2.24, 2.45) is 7.05 Å². The molecule has 136 valence electrons. The van der Waals surface area contributed by atoms with Gasteiger partial charge in [0, 0.05) is 31.0 Å². The number of aromatic nitrogens is 4. The zero-order chi connectivity index (χ0) is 18.8. The molecular weight excluding hydrogens is 342 g/mol. The average molecular weight is 361 g/mol. The third-order valence-electron chi connectivity index (χ3n) is 4.32. The molecule has 7 heteroatoms. The van der Waals surface area contributed by atoms with E-state index in [1.165, 1.54) is 0 Å². The standard InChI is InChI=1S/C20H19N5O2/c1-13-12-17(25(2)24-13)20-23-22-19(27-20)11-10-18(26)21-16-9-5-7-14-6-3-4-8-15(14)16/h3-9,12H,10-11H2,1-2H3,(H,21,26). The van der Waals surface area contributed by atoms with E-state index in [1.54, 1.807) is 4.68 Å². The van der Waals surface area contributed by atoms with E-state index in [0.717, 1.165) is 27.8 Å². The van der Waals surface area contributed by atoms with Crippen LogP contribution in [-0.2, 0) is 18.3 Å². The van der Waals surface area contributed by atoms with Gasteiger partial charge in [0.05, 0.1) is 5.69 Å². The summed E-state index contributed by atoms with van der Waals surface area (Å²) in [7, 11) is 1.82. The number of hydrogen-bond acceptors (Lipinski definition) is 5. The fourth-order valence-corrected chi connectivity index (χ4v) is 3.04. The molecule has 0 aliphatic heterocycles. The lowest BCUT2D eigenvalue weighted by Gasteiger charge is -2.08. The van der Waals surface area contributed by atoms with Gasteiger partial charge in [-0.15, -0.1) is 10.2 Å². The number of rotatable bonds is 5. The fraction of sp³-hybridized carbons (Fsp3) is 0.200. The molecule has 0 radical (unpaired) electrons. The van der Waals surface area contributed by atoms with E-state index < -0.39 is 0 Å². The van der Waals surface area contributed by atoms with E-state index in [1.807, 2.05) is 62.5 Å². The number of carbonyl (C=O) groups excluding carboxylic acids is 1. The van der Waals surface area contributed by atoms with Gasteiger partial charge in [0.2, 0.25) is 11.8 Å². The molecule has 0 bridgehead atoms. The SMILES string of the molecule is Cc1cc(-c2nnc(CCC(=O)Nc3cccc4ccccc34)o2)n(C)n1. The van der Waals surface area contributed by atoms with Gasteiger partial charge in [-0.05, 0) is 24.4 Å². The molecule has 1 N–H and O–H groups in total. The van der Waals surface area contributed by atoms with Crippen LogP contribution in [0.4, 0.5) is 5.69 Å². The van der Waals surface area contributed by atoms with Gasteiger partial charge in [-0.1, -0.05) is 36.4 Å². The quantitative estimate of drug-likeness (QED) is 0.588. The van der Waals surface area contributed by atoms with Gasteiger partial charge >= 0.3 is 0 Å². The van der Waals surface area contributed by atoms with Gasteiger partial charge in [-0.2, -0.15) is 5.10 Å². The zero-order valence-electron chi connectivity index (χ0n) is 15.1. The van der Waals surface area contributed by atoms with E-state index >= 15 is 0 Å². The van der Waals surface area contributed by atoms with Crippen LogP contribution in [0, 0.1) is 6.92 Å². The highest BCUT2D eigenvalue weighted by Crippen LogP contribution is 2.23. The first-order chi connectivity index (χ1) is 13.1. The van der Waals surface area contributed by atoms with Crippen molar-refractivity contribution in [2.45, 2.75) is 19.8 Å². The van der Waals surface area contributed by atoms with E-state index in [4.69, 9.17) is 4.42 Å². The number of fused-ring (bicyclic) bond motifs is 1. The topological polar surface area (TPSA) is 85.8 Å². The lowest BCUT2D eigenvalue weighted by molar-refractivity contribution is -0.116. The Morgan fingerprint density at radius 3 is 2.78 bits per heavy atom. The van der Waals surface area contributed by atoms with Crippen LogP contribution in [-0.4, -0.2) is 25.9 Å². The zero-order valence-corrected chi connectivity index (χ0v) is 15.1. The molecule has 0 unspecified atom stereocenters. The Balaban J connectivity index is 1.42. The van der Waals surface area contributed by atoms with Gasteiger partial charge in [-0.25, -0.2) is 0 Å². The first-order valence-electron chi connectivity index (χ1n) is 8.71. The molecule has 2 aromatic heterocycles. The van der Waals surface area contributed by atoms with Crippen LogP contribution >= 0.6 is 0 Å². The first kappa shape index (κ1) is 17.0. The molecule has 0 spiro atoms. The lowest BCUT2D eigenvalue weighted by atomic mass is 10.1. The predicted molar refractivity (Wildman–Crippen MR) is 102 cm³/mol. The van der Waals surface area contributed by atoms with Gasteiger partial charge in [0.1, 0.15) is 5.69 Å². The summed E-state index contributed by atoms with van der Waals surface area (Å²) >= 11 is 0. The van der Waals surface area contributed by atoms with Crippen molar-refractivity contribution in [3.05, 3.63) is 60.1 Å². The molecular formula is C20H19N5O2. The monoisotopic (exact) mass is 361 g/mol. The molecule has 0 fully saturated rings. The molecule has 4 aromatic rings. The highest BCUT2D eigenvalue weighted by atomic mass is 16.4. The maximum atomic E-state index is 12.3. The van der Waals surface area contributed by atoms with Crippen LogP contribution in [0.5, 0.6) is 0 Å². The summed E-state index contributed by atoms with van der Waals surface area (Å²) in [6, 6.07) is 15.7.